The van der Waals surface area contributed by atoms with Gasteiger partial charge < -0.3 is 9.30 Å². The number of pyridine rings is 1. The standard InChI is InChI=1S/C31H25ClN2O4/c1-33-29(28(19-14-16-20(32)17-15-19)23-10-2-3-11-24(23)30(33)36)31(37)38-18-27(35)34-25-12-6-4-8-21(25)22-9-5-7-13-26(22)34/h2-4,6,8,10-12,14-17H,5,7,9,13,18H2,1H3. The minimum absolute atomic E-state index is 0.0863. The van der Waals surface area contributed by atoms with Gasteiger partial charge in [0, 0.05) is 34.1 Å². The van der Waals surface area contributed by atoms with Gasteiger partial charge in [-0.3, -0.25) is 14.2 Å². The molecule has 5 aromatic rings. The summed E-state index contributed by atoms with van der Waals surface area (Å²) in [4.78, 5) is 40.3. The Labute approximate surface area is 224 Å². The van der Waals surface area contributed by atoms with Crippen molar-refractivity contribution in [3.8, 4) is 11.1 Å². The van der Waals surface area contributed by atoms with Gasteiger partial charge in [-0.15, -0.1) is 0 Å². The Morgan fingerprint density at radius 2 is 1.53 bits per heavy atom. The molecular formula is C31H25ClN2O4. The molecule has 0 aliphatic heterocycles. The lowest BCUT2D eigenvalue weighted by molar-refractivity contribution is 0.0440. The summed E-state index contributed by atoms with van der Waals surface area (Å²) in [5, 5.41) is 2.74. The van der Waals surface area contributed by atoms with Crippen LogP contribution in [0.5, 0.6) is 0 Å². The monoisotopic (exact) mass is 524 g/mol. The van der Waals surface area contributed by atoms with Crippen LogP contribution in [0.2, 0.25) is 5.02 Å². The predicted octanol–water partition coefficient (Wildman–Crippen LogP) is 6.19. The maximum atomic E-state index is 13.6. The third-order valence-corrected chi connectivity index (χ3v) is 7.64. The van der Waals surface area contributed by atoms with Crippen molar-refractivity contribution in [2.75, 3.05) is 6.61 Å². The molecule has 3 aromatic carbocycles. The first-order chi connectivity index (χ1) is 18.5. The summed E-state index contributed by atoms with van der Waals surface area (Å²) in [5.41, 5.74) is 4.07. The molecular weight excluding hydrogens is 500 g/mol. The number of halogens is 1. The molecule has 0 fully saturated rings. The van der Waals surface area contributed by atoms with Crippen molar-refractivity contribution >= 4 is 45.2 Å². The van der Waals surface area contributed by atoms with Crippen molar-refractivity contribution < 1.29 is 14.3 Å². The molecule has 38 heavy (non-hydrogen) atoms. The molecule has 1 aliphatic carbocycles. The van der Waals surface area contributed by atoms with Gasteiger partial charge in [0.05, 0.1) is 5.52 Å². The van der Waals surface area contributed by atoms with Crippen molar-refractivity contribution in [3.05, 3.63) is 105 Å². The van der Waals surface area contributed by atoms with Crippen LogP contribution in [0.3, 0.4) is 0 Å². The molecule has 7 heteroatoms. The Morgan fingerprint density at radius 1 is 0.868 bits per heavy atom. The number of benzene rings is 3. The highest BCUT2D eigenvalue weighted by molar-refractivity contribution is 6.30. The summed E-state index contributed by atoms with van der Waals surface area (Å²) in [5.74, 6) is -1.05. The van der Waals surface area contributed by atoms with Gasteiger partial charge in [-0.1, -0.05) is 60.1 Å². The van der Waals surface area contributed by atoms with Crippen LogP contribution in [-0.2, 0) is 24.6 Å². The molecule has 0 atom stereocenters. The fraction of sp³-hybridized carbons (Fsp3) is 0.194. The lowest BCUT2D eigenvalue weighted by Gasteiger charge is -2.18. The second-order valence-corrected chi connectivity index (χ2v) is 10.0. The highest BCUT2D eigenvalue weighted by atomic mass is 35.5. The van der Waals surface area contributed by atoms with Crippen molar-refractivity contribution in [1.82, 2.24) is 9.13 Å². The summed E-state index contributed by atoms with van der Waals surface area (Å²) in [6, 6.07) is 22.1. The fourth-order valence-corrected chi connectivity index (χ4v) is 5.78. The summed E-state index contributed by atoms with van der Waals surface area (Å²) < 4.78 is 8.63. The number of fused-ring (bicyclic) bond motifs is 4. The Morgan fingerprint density at radius 3 is 2.29 bits per heavy atom. The topological polar surface area (TPSA) is 70.3 Å². The zero-order valence-electron chi connectivity index (χ0n) is 20.9. The molecule has 0 saturated heterocycles. The molecule has 0 radical (unpaired) electrons. The Hall–Kier alpha value is -4.16. The van der Waals surface area contributed by atoms with Gasteiger partial charge in [-0.2, -0.15) is 0 Å². The van der Waals surface area contributed by atoms with Gasteiger partial charge in [0.15, 0.2) is 6.61 Å². The number of carbonyl (C=O) groups excluding carboxylic acids is 2. The first-order valence-corrected chi connectivity index (χ1v) is 13.0. The molecule has 0 unspecified atom stereocenters. The SMILES string of the molecule is Cn1c(C(=O)OCC(=O)n2c3c(c4ccccc42)CCCC3)c(-c2ccc(Cl)cc2)c2ccccc2c1=O. The maximum absolute atomic E-state index is 13.6. The van der Waals surface area contributed by atoms with Crippen LogP contribution in [0.1, 0.15) is 39.4 Å². The molecule has 0 saturated carbocycles. The van der Waals surface area contributed by atoms with Gasteiger partial charge in [0.25, 0.3) is 11.5 Å². The summed E-state index contributed by atoms with van der Waals surface area (Å²) in [6.45, 7) is -0.439. The zero-order chi connectivity index (χ0) is 26.4. The molecule has 1 aliphatic rings. The Bertz CT molecular complexity index is 1800. The number of para-hydroxylation sites is 1. The summed E-state index contributed by atoms with van der Waals surface area (Å²) in [6.07, 6.45) is 3.84. The molecule has 190 valence electrons. The van der Waals surface area contributed by atoms with Gasteiger partial charge >= 0.3 is 5.97 Å². The Kier molecular flexibility index (Phi) is 6.12. The van der Waals surface area contributed by atoms with Crippen LogP contribution in [0.4, 0.5) is 0 Å². The van der Waals surface area contributed by atoms with E-state index in [-0.39, 0.29) is 17.2 Å². The molecule has 0 bridgehead atoms. The minimum Gasteiger partial charge on any atom is -0.451 e. The lowest BCUT2D eigenvalue weighted by atomic mass is 9.95. The molecule has 2 aromatic heterocycles. The van der Waals surface area contributed by atoms with Crippen LogP contribution < -0.4 is 5.56 Å². The number of hydrogen-bond acceptors (Lipinski definition) is 4. The summed E-state index contributed by atoms with van der Waals surface area (Å²) in [7, 11) is 1.54. The molecule has 0 N–H and O–H groups in total. The maximum Gasteiger partial charge on any atom is 0.356 e. The van der Waals surface area contributed by atoms with E-state index >= 15 is 0 Å². The van der Waals surface area contributed by atoms with Crippen LogP contribution >= 0.6 is 11.6 Å². The van der Waals surface area contributed by atoms with Gasteiger partial charge in [0.1, 0.15) is 5.69 Å². The molecule has 2 heterocycles. The van der Waals surface area contributed by atoms with E-state index in [1.165, 1.54) is 10.1 Å². The van der Waals surface area contributed by atoms with E-state index in [9.17, 15) is 14.4 Å². The van der Waals surface area contributed by atoms with E-state index in [0.29, 0.717) is 26.9 Å². The van der Waals surface area contributed by atoms with Crippen LogP contribution in [0, 0.1) is 0 Å². The predicted molar refractivity (Wildman–Crippen MR) is 149 cm³/mol. The van der Waals surface area contributed by atoms with Crippen molar-refractivity contribution in [2.45, 2.75) is 25.7 Å². The number of aryl methyl sites for hydroxylation is 1. The molecule has 6 rings (SSSR count). The van der Waals surface area contributed by atoms with Gasteiger partial charge in [0.2, 0.25) is 0 Å². The first kappa shape index (κ1) is 24.2. The first-order valence-electron chi connectivity index (χ1n) is 12.6. The second kappa shape index (κ2) is 9.62. The van der Waals surface area contributed by atoms with Crippen LogP contribution in [0.15, 0.2) is 77.6 Å². The number of carbonyl (C=O) groups is 2. The van der Waals surface area contributed by atoms with E-state index < -0.39 is 12.6 Å². The van der Waals surface area contributed by atoms with E-state index in [2.05, 4.69) is 0 Å². The summed E-state index contributed by atoms with van der Waals surface area (Å²) >= 11 is 6.11. The number of ether oxygens (including phenoxy) is 1. The second-order valence-electron chi connectivity index (χ2n) is 9.60. The number of rotatable bonds is 4. The van der Waals surface area contributed by atoms with Gasteiger partial charge in [-0.05, 0) is 66.5 Å². The third-order valence-electron chi connectivity index (χ3n) is 7.38. The minimum atomic E-state index is -0.737. The van der Waals surface area contributed by atoms with Crippen LogP contribution in [0.25, 0.3) is 32.8 Å². The number of esters is 1. The van der Waals surface area contributed by atoms with E-state index in [4.69, 9.17) is 16.3 Å². The number of aromatic nitrogens is 2. The van der Waals surface area contributed by atoms with E-state index in [1.54, 1.807) is 54.1 Å². The molecule has 0 amide bonds. The van der Waals surface area contributed by atoms with Crippen molar-refractivity contribution in [2.24, 2.45) is 7.05 Å². The normalized spacial score (nSPS) is 13.0. The lowest BCUT2D eigenvalue weighted by Crippen LogP contribution is -2.28. The largest absolute Gasteiger partial charge is 0.451 e. The zero-order valence-corrected chi connectivity index (χ0v) is 21.6. The number of nitrogens with zero attached hydrogens (tertiary/aromatic N) is 2. The van der Waals surface area contributed by atoms with E-state index in [1.807, 2.05) is 30.3 Å². The third kappa shape index (κ3) is 3.92. The van der Waals surface area contributed by atoms with Crippen LogP contribution in [-0.4, -0.2) is 27.6 Å². The van der Waals surface area contributed by atoms with Crippen molar-refractivity contribution in [1.29, 1.82) is 0 Å². The van der Waals surface area contributed by atoms with E-state index in [0.717, 1.165) is 42.3 Å². The average Bonchev–Trinajstić information content (AvgIpc) is 3.28. The molecule has 0 spiro atoms. The molecule has 6 nitrogen and oxygen atoms in total. The highest BCUT2D eigenvalue weighted by Crippen LogP contribution is 2.33. The smallest absolute Gasteiger partial charge is 0.356 e. The Balaban J connectivity index is 1.40. The quantitative estimate of drug-likeness (QED) is 0.263. The highest BCUT2D eigenvalue weighted by Gasteiger charge is 2.26. The fourth-order valence-electron chi connectivity index (χ4n) is 5.65. The van der Waals surface area contributed by atoms with Crippen molar-refractivity contribution in [3.63, 3.8) is 0 Å². The average molecular weight is 525 g/mol. The van der Waals surface area contributed by atoms with Gasteiger partial charge in [-0.25, -0.2) is 4.79 Å². The number of hydrogen-bond donors (Lipinski definition) is 0.